The lowest BCUT2D eigenvalue weighted by molar-refractivity contribution is 0.539. The molecule has 2 unspecified atom stereocenters. The number of anilines is 1. The van der Waals surface area contributed by atoms with E-state index in [1.54, 1.807) is 0 Å². The van der Waals surface area contributed by atoms with Gasteiger partial charge in [-0.1, -0.05) is 20.3 Å². The summed E-state index contributed by atoms with van der Waals surface area (Å²) in [5, 5.41) is 17.9. The van der Waals surface area contributed by atoms with Crippen molar-refractivity contribution in [3.8, 4) is 17.9 Å². The van der Waals surface area contributed by atoms with Crippen molar-refractivity contribution in [1.82, 2.24) is 0 Å². The maximum Gasteiger partial charge on any atom is 0.206 e. The van der Waals surface area contributed by atoms with Crippen molar-refractivity contribution in [3.63, 3.8) is 0 Å². The van der Waals surface area contributed by atoms with E-state index in [0.717, 1.165) is 6.42 Å². The van der Waals surface area contributed by atoms with Gasteiger partial charge in [0.2, 0.25) is 11.1 Å². The molecule has 6 nitrogen and oxygen atoms in total. The van der Waals surface area contributed by atoms with Crippen LogP contribution in [0.25, 0.3) is 0 Å². The molecule has 0 heterocycles. The van der Waals surface area contributed by atoms with Crippen LogP contribution in [0, 0.1) is 28.6 Å². The maximum atomic E-state index is 11.9. The lowest BCUT2D eigenvalue weighted by atomic mass is 10.1. The van der Waals surface area contributed by atoms with E-state index in [-0.39, 0.29) is 22.8 Å². The number of hydrogen-bond donors (Lipinski definition) is 2. The van der Waals surface area contributed by atoms with Crippen molar-refractivity contribution >= 4 is 16.8 Å². The number of hydrogen-bond acceptors (Lipinski definition) is 6. The number of hydrazine groups is 1. The summed E-state index contributed by atoms with van der Waals surface area (Å²) < 4.78 is 17.2. The number of nitrogens with zero attached hydrogens (tertiary/aromatic N) is 2. The second kappa shape index (κ2) is 7.49. The van der Waals surface area contributed by atoms with Crippen LogP contribution in [-0.2, 0) is 11.1 Å². The summed E-state index contributed by atoms with van der Waals surface area (Å²) in [4.78, 5) is 0. The Hall–Kier alpha value is -2.09. The lowest BCUT2D eigenvalue weighted by Gasteiger charge is -2.12. The van der Waals surface area contributed by atoms with Crippen molar-refractivity contribution in [2.75, 3.05) is 11.2 Å². The zero-order chi connectivity index (χ0) is 15.1. The number of nitrogens with one attached hydrogen (secondary N) is 1. The van der Waals surface area contributed by atoms with Crippen LogP contribution in [0.4, 0.5) is 5.69 Å². The highest BCUT2D eigenvalue weighted by Gasteiger charge is 2.14. The van der Waals surface area contributed by atoms with Gasteiger partial charge >= 0.3 is 0 Å². The van der Waals surface area contributed by atoms with Crippen LogP contribution in [-0.4, -0.2) is 9.96 Å². The molecule has 0 amide bonds. The Balaban J connectivity index is 3.03. The molecule has 2 atom stereocenters. The van der Waals surface area contributed by atoms with E-state index < -0.39 is 11.1 Å². The van der Waals surface area contributed by atoms with Gasteiger partial charge in [0.25, 0.3) is 0 Å². The Bertz CT molecular complexity index is 589. The van der Waals surface area contributed by atoms with E-state index in [1.165, 1.54) is 12.1 Å². The summed E-state index contributed by atoms with van der Waals surface area (Å²) in [5.74, 6) is 6.20. The summed E-state index contributed by atoms with van der Waals surface area (Å²) in [7, 11) is 0. The molecule has 0 radical (unpaired) electrons. The highest BCUT2D eigenvalue weighted by atomic mass is 32.2. The van der Waals surface area contributed by atoms with E-state index >= 15 is 0 Å². The van der Waals surface area contributed by atoms with Gasteiger partial charge in [-0.3, -0.25) is 5.84 Å². The van der Waals surface area contributed by atoms with Gasteiger partial charge in [0.15, 0.2) is 5.75 Å². The fourth-order valence-corrected chi connectivity index (χ4v) is 2.54. The number of rotatable bonds is 6. The quantitative estimate of drug-likeness (QED) is 0.610. The molecule has 0 aliphatic rings. The van der Waals surface area contributed by atoms with Crippen molar-refractivity contribution in [1.29, 1.82) is 10.5 Å². The predicted molar refractivity (Wildman–Crippen MR) is 76.8 cm³/mol. The minimum Gasteiger partial charge on any atom is -0.398 e. The summed E-state index contributed by atoms with van der Waals surface area (Å²) in [6, 6.07) is 6.55. The third-order valence-electron chi connectivity index (χ3n) is 2.82. The van der Waals surface area contributed by atoms with Gasteiger partial charge in [0.05, 0.1) is 22.6 Å². The average Bonchev–Trinajstić information content (AvgIpc) is 2.46. The summed E-state index contributed by atoms with van der Waals surface area (Å²) in [6.07, 6.45) is 0.897. The summed E-state index contributed by atoms with van der Waals surface area (Å²) in [5.41, 5.74) is 3.03. The first-order valence-corrected chi connectivity index (χ1v) is 7.31. The van der Waals surface area contributed by atoms with Gasteiger partial charge in [0.1, 0.15) is 12.1 Å². The molecule has 0 fully saturated rings. The minimum absolute atomic E-state index is 0.155. The van der Waals surface area contributed by atoms with Crippen LogP contribution in [0.3, 0.4) is 0 Å². The molecule has 0 aliphatic heterocycles. The van der Waals surface area contributed by atoms with E-state index in [1.807, 2.05) is 26.0 Å². The molecule has 0 aliphatic carbocycles. The van der Waals surface area contributed by atoms with Crippen molar-refractivity contribution in [3.05, 3.63) is 23.3 Å². The number of nitriles is 2. The molecule has 20 heavy (non-hydrogen) atoms. The molecule has 1 aromatic rings. The number of nitrogens with two attached hydrogens (primary N) is 1. The first kappa shape index (κ1) is 16.0. The van der Waals surface area contributed by atoms with Crippen molar-refractivity contribution in [2.45, 2.75) is 20.3 Å². The second-order valence-corrected chi connectivity index (χ2v) is 5.44. The first-order chi connectivity index (χ1) is 9.55. The highest BCUT2D eigenvalue weighted by Crippen LogP contribution is 2.28. The van der Waals surface area contributed by atoms with Crippen LogP contribution in [0.15, 0.2) is 12.1 Å². The molecule has 7 heteroatoms. The standard InChI is InChI=1S/C13H16N4O2S/c1-3-9(2)8-20(18)19-13-5-11(7-15)10(6-14)4-12(13)17-16/h4-5,9,17H,3,8,16H2,1-2H3. The van der Waals surface area contributed by atoms with E-state index in [9.17, 15) is 4.21 Å². The molecular formula is C13H16N4O2S. The highest BCUT2D eigenvalue weighted by molar-refractivity contribution is 7.80. The number of benzene rings is 1. The topological polar surface area (TPSA) is 112 Å². The smallest absolute Gasteiger partial charge is 0.206 e. The Morgan fingerprint density at radius 2 is 2.00 bits per heavy atom. The van der Waals surface area contributed by atoms with E-state index in [4.69, 9.17) is 20.5 Å². The third kappa shape index (κ3) is 3.95. The maximum absolute atomic E-state index is 11.9. The molecular weight excluding hydrogens is 276 g/mol. The lowest BCUT2D eigenvalue weighted by Crippen LogP contribution is -2.14. The monoisotopic (exact) mass is 292 g/mol. The van der Waals surface area contributed by atoms with Gasteiger partial charge < -0.3 is 9.61 Å². The van der Waals surface area contributed by atoms with Crippen molar-refractivity contribution in [2.24, 2.45) is 11.8 Å². The van der Waals surface area contributed by atoms with Crippen molar-refractivity contribution < 1.29 is 8.39 Å². The summed E-state index contributed by atoms with van der Waals surface area (Å²) >= 11 is -1.52. The van der Waals surface area contributed by atoms with E-state index in [0.29, 0.717) is 11.4 Å². The van der Waals surface area contributed by atoms with Gasteiger partial charge in [-0.2, -0.15) is 10.5 Å². The minimum atomic E-state index is -1.52. The van der Waals surface area contributed by atoms with Crippen LogP contribution in [0.5, 0.6) is 5.75 Å². The SMILES string of the molecule is CCC(C)CS(=O)Oc1cc(C#N)c(C#N)cc1NN. The molecule has 1 aromatic carbocycles. The first-order valence-electron chi connectivity index (χ1n) is 6.07. The van der Waals surface area contributed by atoms with Gasteiger partial charge in [-0.05, 0) is 12.0 Å². The normalized spacial score (nSPS) is 12.8. The van der Waals surface area contributed by atoms with Crippen LogP contribution in [0.1, 0.15) is 31.4 Å². The molecule has 0 aromatic heterocycles. The van der Waals surface area contributed by atoms with Crippen LogP contribution >= 0.6 is 0 Å². The fourth-order valence-electron chi connectivity index (χ4n) is 1.43. The van der Waals surface area contributed by atoms with Crippen LogP contribution in [0.2, 0.25) is 0 Å². The zero-order valence-corrected chi connectivity index (χ0v) is 12.2. The fraction of sp³-hybridized carbons (Fsp3) is 0.385. The Kier molecular flexibility index (Phi) is 5.98. The number of nitrogen functional groups attached to an aromatic ring is 1. The third-order valence-corrected chi connectivity index (χ3v) is 4.02. The largest absolute Gasteiger partial charge is 0.398 e. The molecule has 3 N–H and O–H groups in total. The summed E-state index contributed by atoms with van der Waals surface area (Å²) in [6.45, 7) is 3.98. The Morgan fingerprint density at radius 1 is 1.40 bits per heavy atom. The van der Waals surface area contributed by atoms with E-state index in [2.05, 4.69) is 5.43 Å². The zero-order valence-electron chi connectivity index (χ0n) is 11.3. The average molecular weight is 292 g/mol. The predicted octanol–water partition coefficient (Wildman–Crippen LogP) is 1.80. The second-order valence-electron chi connectivity index (χ2n) is 4.33. The van der Waals surface area contributed by atoms with Crippen LogP contribution < -0.4 is 15.5 Å². The molecule has 0 spiro atoms. The Morgan fingerprint density at radius 3 is 2.50 bits per heavy atom. The van der Waals surface area contributed by atoms with Gasteiger partial charge in [-0.25, -0.2) is 4.21 Å². The molecule has 0 bridgehead atoms. The molecule has 106 valence electrons. The molecule has 0 saturated heterocycles. The van der Waals surface area contributed by atoms with Gasteiger partial charge in [-0.15, -0.1) is 0 Å². The Labute approximate surface area is 120 Å². The molecule has 1 rings (SSSR count). The molecule has 0 saturated carbocycles. The van der Waals surface area contributed by atoms with Gasteiger partial charge in [0, 0.05) is 6.07 Å².